The van der Waals surface area contributed by atoms with Crippen LogP contribution in [0.1, 0.15) is 32.1 Å². The maximum absolute atomic E-state index is 12.0. The molecule has 1 atom stereocenters. The van der Waals surface area contributed by atoms with Crippen molar-refractivity contribution in [1.82, 2.24) is 5.32 Å². The van der Waals surface area contributed by atoms with Crippen molar-refractivity contribution in [3.8, 4) is 0 Å². The third kappa shape index (κ3) is 4.31. The number of carbonyl (C=O) groups is 2. The summed E-state index contributed by atoms with van der Waals surface area (Å²) in [7, 11) is 0. The van der Waals surface area contributed by atoms with Crippen molar-refractivity contribution in [2.45, 2.75) is 32.1 Å². The molecule has 0 bridgehead atoms. The highest BCUT2D eigenvalue weighted by atomic mass is 16.2. The van der Waals surface area contributed by atoms with E-state index in [1.54, 1.807) is 0 Å². The van der Waals surface area contributed by atoms with Crippen LogP contribution in [0.25, 0.3) is 0 Å². The first-order valence-corrected chi connectivity index (χ1v) is 8.12. The number of nitrogens with one attached hydrogen (secondary N) is 3. The van der Waals surface area contributed by atoms with Crippen LogP contribution < -0.4 is 16.0 Å². The van der Waals surface area contributed by atoms with E-state index >= 15 is 0 Å². The lowest BCUT2D eigenvalue weighted by atomic mass is 10.0. The Balaban J connectivity index is 1.48. The van der Waals surface area contributed by atoms with Gasteiger partial charge in [-0.3, -0.25) is 9.59 Å². The van der Waals surface area contributed by atoms with Gasteiger partial charge in [-0.1, -0.05) is 6.07 Å². The molecule has 1 aromatic rings. The van der Waals surface area contributed by atoms with Gasteiger partial charge in [0, 0.05) is 23.7 Å². The summed E-state index contributed by atoms with van der Waals surface area (Å²) in [4.78, 5) is 23.8. The molecule has 0 radical (unpaired) electrons. The number of benzene rings is 1. The lowest BCUT2D eigenvalue weighted by molar-refractivity contribution is -0.117. The Morgan fingerprint density at radius 2 is 1.91 bits per heavy atom. The third-order valence-electron chi connectivity index (χ3n) is 4.30. The maximum Gasteiger partial charge on any atom is 0.227 e. The van der Waals surface area contributed by atoms with E-state index in [0.717, 1.165) is 50.1 Å². The van der Waals surface area contributed by atoms with Crippen LogP contribution in [0.2, 0.25) is 0 Å². The molecule has 1 unspecified atom stereocenters. The van der Waals surface area contributed by atoms with Crippen LogP contribution in [0, 0.1) is 11.8 Å². The number of amides is 2. The highest BCUT2D eigenvalue weighted by molar-refractivity contribution is 5.95. The second kappa shape index (κ2) is 6.92. The van der Waals surface area contributed by atoms with Gasteiger partial charge in [-0.25, -0.2) is 0 Å². The summed E-state index contributed by atoms with van der Waals surface area (Å²) in [5.74, 6) is 0.919. The molecule has 5 nitrogen and oxygen atoms in total. The normalized spacial score (nSPS) is 20.6. The first-order chi connectivity index (χ1) is 10.7. The van der Waals surface area contributed by atoms with Gasteiger partial charge in [0.05, 0.1) is 0 Å². The van der Waals surface area contributed by atoms with E-state index in [0.29, 0.717) is 12.3 Å². The van der Waals surface area contributed by atoms with Crippen LogP contribution in [-0.4, -0.2) is 24.9 Å². The molecule has 3 N–H and O–H groups in total. The molecule has 0 aromatic heterocycles. The molecular formula is C17H23N3O2. The molecule has 118 valence electrons. The predicted octanol–water partition coefficient (Wildman–Crippen LogP) is 2.36. The van der Waals surface area contributed by atoms with E-state index in [2.05, 4.69) is 16.0 Å². The highest BCUT2D eigenvalue weighted by Crippen LogP contribution is 2.30. The van der Waals surface area contributed by atoms with Crippen molar-refractivity contribution in [3.63, 3.8) is 0 Å². The second-order valence-corrected chi connectivity index (χ2v) is 6.29. The van der Waals surface area contributed by atoms with E-state index in [1.807, 2.05) is 24.3 Å². The average molecular weight is 301 g/mol. The monoisotopic (exact) mass is 301 g/mol. The lowest BCUT2D eigenvalue weighted by Gasteiger charge is -2.10. The zero-order valence-electron chi connectivity index (χ0n) is 12.7. The lowest BCUT2D eigenvalue weighted by Crippen LogP contribution is -2.16. The van der Waals surface area contributed by atoms with Gasteiger partial charge in [0.2, 0.25) is 11.8 Å². The van der Waals surface area contributed by atoms with Gasteiger partial charge < -0.3 is 16.0 Å². The number of anilines is 2. The summed E-state index contributed by atoms with van der Waals surface area (Å²) in [5.41, 5.74) is 1.48. The molecule has 2 aliphatic rings. The fourth-order valence-corrected chi connectivity index (χ4v) is 2.78. The minimum absolute atomic E-state index is 0.0394. The quantitative estimate of drug-likeness (QED) is 0.755. The van der Waals surface area contributed by atoms with Gasteiger partial charge >= 0.3 is 0 Å². The zero-order chi connectivity index (χ0) is 15.4. The smallest absolute Gasteiger partial charge is 0.227 e. The van der Waals surface area contributed by atoms with Crippen molar-refractivity contribution < 1.29 is 9.59 Å². The van der Waals surface area contributed by atoms with Crippen LogP contribution in [0.4, 0.5) is 11.4 Å². The molecule has 5 heteroatoms. The maximum atomic E-state index is 12.0. The first kappa shape index (κ1) is 15.0. The molecule has 1 saturated carbocycles. The fourth-order valence-electron chi connectivity index (χ4n) is 2.78. The zero-order valence-corrected chi connectivity index (χ0v) is 12.7. The Bertz CT molecular complexity index is 549. The van der Waals surface area contributed by atoms with Crippen molar-refractivity contribution >= 4 is 23.2 Å². The van der Waals surface area contributed by atoms with Crippen LogP contribution in [0.3, 0.4) is 0 Å². The Morgan fingerprint density at radius 1 is 1.14 bits per heavy atom. The fraction of sp³-hybridized carbons (Fsp3) is 0.529. The summed E-state index contributed by atoms with van der Waals surface area (Å²) in [6, 6.07) is 7.36. The third-order valence-corrected chi connectivity index (χ3v) is 4.30. The Labute approximate surface area is 130 Å². The molecule has 1 aliphatic heterocycles. The van der Waals surface area contributed by atoms with Gasteiger partial charge in [-0.2, -0.15) is 0 Å². The number of carbonyl (C=O) groups excluding carboxylic acids is 2. The summed E-state index contributed by atoms with van der Waals surface area (Å²) in [5, 5.41) is 9.12. The average Bonchev–Trinajstić information content (AvgIpc) is 3.23. The molecule has 1 saturated heterocycles. The second-order valence-electron chi connectivity index (χ2n) is 6.29. The van der Waals surface area contributed by atoms with Crippen molar-refractivity contribution in [2.75, 3.05) is 23.7 Å². The Kier molecular flexibility index (Phi) is 4.73. The van der Waals surface area contributed by atoms with Gasteiger partial charge in [0.15, 0.2) is 0 Å². The van der Waals surface area contributed by atoms with Crippen LogP contribution in [-0.2, 0) is 9.59 Å². The molecule has 0 spiro atoms. The largest absolute Gasteiger partial charge is 0.326 e. The molecule has 22 heavy (non-hydrogen) atoms. The van der Waals surface area contributed by atoms with Gasteiger partial charge in [0.1, 0.15) is 0 Å². The van der Waals surface area contributed by atoms with E-state index in [-0.39, 0.29) is 17.7 Å². The van der Waals surface area contributed by atoms with Crippen LogP contribution >= 0.6 is 0 Å². The summed E-state index contributed by atoms with van der Waals surface area (Å²) >= 11 is 0. The van der Waals surface area contributed by atoms with Gasteiger partial charge in [-0.05, 0) is 62.9 Å². The van der Waals surface area contributed by atoms with Crippen LogP contribution in [0.15, 0.2) is 24.3 Å². The van der Waals surface area contributed by atoms with Gasteiger partial charge in [-0.15, -0.1) is 0 Å². The molecule has 1 heterocycles. The number of hydrogen-bond acceptors (Lipinski definition) is 3. The van der Waals surface area contributed by atoms with E-state index in [4.69, 9.17) is 0 Å². The van der Waals surface area contributed by atoms with Crippen molar-refractivity contribution in [3.05, 3.63) is 24.3 Å². The van der Waals surface area contributed by atoms with E-state index < -0.39 is 0 Å². The minimum atomic E-state index is 0.0394. The summed E-state index contributed by atoms with van der Waals surface area (Å²) in [6.45, 7) is 2.09. The van der Waals surface area contributed by atoms with Crippen LogP contribution in [0.5, 0.6) is 0 Å². The molecule has 2 amide bonds. The summed E-state index contributed by atoms with van der Waals surface area (Å²) in [6.07, 6.45) is 4.61. The Morgan fingerprint density at radius 3 is 2.59 bits per heavy atom. The molecular weight excluding hydrogens is 278 g/mol. The SMILES string of the molecule is O=C(CCC1CCNC1)Nc1cccc(NC(=O)C2CC2)c1. The van der Waals surface area contributed by atoms with Crippen molar-refractivity contribution in [2.24, 2.45) is 11.8 Å². The van der Waals surface area contributed by atoms with E-state index in [9.17, 15) is 9.59 Å². The van der Waals surface area contributed by atoms with Gasteiger partial charge in [0.25, 0.3) is 0 Å². The predicted molar refractivity (Wildman–Crippen MR) is 86.6 cm³/mol. The number of hydrogen-bond donors (Lipinski definition) is 3. The topological polar surface area (TPSA) is 70.2 Å². The number of rotatable bonds is 6. The van der Waals surface area contributed by atoms with E-state index in [1.165, 1.54) is 0 Å². The first-order valence-electron chi connectivity index (χ1n) is 8.12. The molecule has 3 rings (SSSR count). The molecule has 1 aromatic carbocycles. The summed E-state index contributed by atoms with van der Waals surface area (Å²) < 4.78 is 0. The Hall–Kier alpha value is -1.88. The molecule has 1 aliphatic carbocycles. The minimum Gasteiger partial charge on any atom is -0.326 e. The standard InChI is InChI=1S/C17H23N3O2/c21-16(7-4-12-8-9-18-11-12)19-14-2-1-3-15(10-14)20-17(22)13-5-6-13/h1-3,10,12-13,18H,4-9,11H2,(H,19,21)(H,20,22). The van der Waals surface area contributed by atoms with Crippen molar-refractivity contribution in [1.29, 1.82) is 0 Å². The highest BCUT2D eigenvalue weighted by Gasteiger charge is 2.29. The molecule has 2 fully saturated rings.